The first-order valence-electron chi connectivity index (χ1n) is 11.6. The summed E-state index contributed by atoms with van der Waals surface area (Å²) >= 11 is 0. The number of aromatic hydroxyl groups is 1. The Labute approximate surface area is 206 Å². The minimum atomic E-state index is -0.576. The van der Waals surface area contributed by atoms with Gasteiger partial charge in [0.2, 0.25) is 0 Å². The van der Waals surface area contributed by atoms with E-state index in [1.54, 1.807) is 13.1 Å². The Morgan fingerprint density at radius 1 is 0.889 bits per heavy atom. The van der Waals surface area contributed by atoms with Crippen molar-refractivity contribution >= 4 is 16.6 Å². The highest BCUT2D eigenvalue weighted by atomic mass is 16.5. The van der Waals surface area contributed by atoms with E-state index in [1.807, 2.05) is 71.3 Å². The highest BCUT2D eigenvalue weighted by Crippen LogP contribution is 2.47. The largest absolute Gasteiger partial charge is 0.504 e. The molecule has 0 radical (unpaired) electrons. The minimum Gasteiger partial charge on any atom is -0.504 e. The molecule has 1 atom stereocenters. The van der Waals surface area contributed by atoms with E-state index in [0.717, 1.165) is 21.5 Å². The lowest BCUT2D eigenvalue weighted by molar-refractivity contribution is 0.370. The summed E-state index contributed by atoms with van der Waals surface area (Å²) < 4.78 is 10.1. The van der Waals surface area contributed by atoms with Crippen LogP contribution < -0.4 is 21.3 Å². The summed E-state index contributed by atoms with van der Waals surface area (Å²) in [5.41, 5.74) is 4.17. The molecular formula is C28H24N4O4. The quantitative estimate of drug-likeness (QED) is 0.409. The van der Waals surface area contributed by atoms with Crippen LogP contribution in [0.15, 0.2) is 82.4 Å². The number of aromatic nitrogens is 3. The molecule has 5 aromatic rings. The van der Waals surface area contributed by atoms with Crippen molar-refractivity contribution in [2.24, 2.45) is 14.1 Å². The molecule has 0 saturated heterocycles. The van der Waals surface area contributed by atoms with Crippen molar-refractivity contribution in [1.82, 2.24) is 13.7 Å². The number of phenolic OH excluding ortho intramolecular Hbond substituents is 1. The lowest BCUT2D eigenvalue weighted by Gasteiger charge is -2.31. The molecule has 3 heterocycles. The van der Waals surface area contributed by atoms with Crippen LogP contribution in [0.25, 0.3) is 27.8 Å². The number of hydrogen-bond acceptors (Lipinski definition) is 5. The normalized spacial score (nSPS) is 14.2. The zero-order valence-electron chi connectivity index (χ0n) is 20.0. The standard InChI is InChI=1S/C28H24N4O4/c1-30-24-21(27(34)31(2)28(30)35)23(16-10-5-4-6-11-16)32-19-14-8-7-13-18(19)29-22(25(24)32)17-12-9-15-20(36-3)26(17)33/h4-15,22,29,33H,1-3H3. The van der Waals surface area contributed by atoms with Gasteiger partial charge >= 0.3 is 5.69 Å². The number of para-hydroxylation sites is 3. The fourth-order valence-corrected chi connectivity index (χ4v) is 5.26. The van der Waals surface area contributed by atoms with Crippen LogP contribution in [-0.2, 0) is 14.1 Å². The Kier molecular flexibility index (Phi) is 4.79. The topological polar surface area (TPSA) is 90.4 Å². The Hall–Kier alpha value is -4.72. The van der Waals surface area contributed by atoms with E-state index in [4.69, 9.17) is 4.74 Å². The Morgan fingerprint density at radius 2 is 1.61 bits per heavy atom. The molecule has 0 amide bonds. The second kappa shape index (κ2) is 7.91. The summed E-state index contributed by atoms with van der Waals surface area (Å²) in [6.45, 7) is 0. The second-order valence-corrected chi connectivity index (χ2v) is 8.86. The highest BCUT2D eigenvalue weighted by Gasteiger charge is 2.36. The maximum atomic E-state index is 13.7. The van der Waals surface area contributed by atoms with Crippen molar-refractivity contribution in [1.29, 1.82) is 0 Å². The number of methoxy groups -OCH3 is 1. The lowest BCUT2D eigenvalue weighted by Crippen LogP contribution is -2.37. The van der Waals surface area contributed by atoms with Crippen molar-refractivity contribution in [2.75, 3.05) is 12.4 Å². The fraction of sp³-hybridized carbons (Fsp3) is 0.143. The van der Waals surface area contributed by atoms with Gasteiger partial charge in [-0.15, -0.1) is 0 Å². The number of nitrogens with one attached hydrogen (secondary N) is 1. The Balaban J connectivity index is 1.86. The van der Waals surface area contributed by atoms with Crippen molar-refractivity contribution in [2.45, 2.75) is 6.04 Å². The van der Waals surface area contributed by atoms with E-state index in [2.05, 4.69) is 5.32 Å². The number of rotatable bonds is 3. The smallest absolute Gasteiger partial charge is 0.331 e. The third kappa shape index (κ3) is 2.87. The van der Waals surface area contributed by atoms with E-state index in [0.29, 0.717) is 33.6 Å². The summed E-state index contributed by atoms with van der Waals surface area (Å²) in [6, 6.07) is 22.2. The van der Waals surface area contributed by atoms with Gasteiger partial charge in [-0.2, -0.15) is 0 Å². The highest BCUT2D eigenvalue weighted by molar-refractivity contribution is 5.99. The molecule has 1 aliphatic rings. The van der Waals surface area contributed by atoms with E-state index >= 15 is 0 Å². The maximum Gasteiger partial charge on any atom is 0.331 e. The molecule has 8 nitrogen and oxygen atoms in total. The van der Waals surface area contributed by atoms with Gasteiger partial charge in [-0.3, -0.25) is 13.9 Å². The van der Waals surface area contributed by atoms with Crippen molar-refractivity contribution in [3.8, 4) is 28.4 Å². The van der Waals surface area contributed by atoms with Crippen LogP contribution in [0.4, 0.5) is 5.69 Å². The predicted octanol–water partition coefficient (Wildman–Crippen LogP) is 3.92. The number of nitrogens with zero attached hydrogens (tertiary/aromatic N) is 3. The molecule has 0 aliphatic carbocycles. The summed E-state index contributed by atoms with van der Waals surface area (Å²) in [4.78, 5) is 26.8. The van der Waals surface area contributed by atoms with Gasteiger partial charge in [0.15, 0.2) is 11.5 Å². The summed E-state index contributed by atoms with van der Waals surface area (Å²) in [5.74, 6) is 0.330. The van der Waals surface area contributed by atoms with Crippen LogP contribution in [0.2, 0.25) is 0 Å². The van der Waals surface area contributed by atoms with Gasteiger partial charge in [0.25, 0.3) is 5.56 Å². The summed E-state index contributed by atoms with van der Waals surface area (Å²) in [7, 11) is 4.66. The number of anilines is 1. The van der Waals surface area contributed by atoms with Gasteiger partial charge in [0.1, 0.15) is 0 Å². The molecular weight excluding hydrogens is 456 g/mol. The first-order valence-corrected chi connectivity index (χ1v) is 11.6. The average molecular weight is 481 g/mol. The average Bonchev–Trinajstić information content (AvgIpc) is 3.28. The number of benzene rings is 3. The first-order chi connectivity index (χ1) is 17.4. The van der Waals surface area contributed by atoms with Gasteiger partial charge < -0.3 is 19.7 Å². The third-order valence-electron chi connectivity index (χ3n) is 6.94. The molecule has 1 aliphatic heterocycles. The van der Waals surface area contributed by atoms with Crippen LogP contribution in [0.5, 0.6) is 11.5 Å². The molecule has 2 N–H and O–H groups in total. The number of aryl methyl sites for hydroxylation is 1. The molecule has 3 aromatic carbocycles. The van der Waals surface area contributed by atoms with Crippen LogP contribution in [0, 0.1) is 0 Å². The third-order valence-corrected chi connectivity index (χ3v) is 6.94. The minimum absolute atomic E-state index is 0.00660. The van der Waals surface area contributed by atoms with Crippen LogP contribution in [0.1, 0.15) is 17.3 Å². The van der Waals surface area contributed by atoms with Crippen molar-refractivity contribution in [3.63, 3.8) is 0 Å². The van der Waals surface area contributed by atoms with Gasteiger partial charge in [-0.05, 0) is 23.8 Å². The molecule has 36 heavy (non-hydrogen) atoms. The molecule has 0 fully saturated rings. The SMILES string of the molecule is COc1cccc(C2Nc3ccccc3-n3c(-c4ccccc4)c4c(=O)n(C)c(=O)n(C)c4c32)c1O. The lowest BCUT2D eigenvalue weighted by atomic mass is 9.98. The van der Waals surface area contributed by atoms with Gasteiger partial charge in [0.05, 0.1) is 46.8 Å². The molecule has 2 aromatic heterocycles. The van der Waals surface area contributed by atoms with Crippen LogP contribution in [-0.4, -0.2) is 25.9 Å². The summed E-state index contributed by atoms with van der Waals surface area (Å²) in [6.07, 6.45) is 0. The second-order valence-electron chi connectivity index (χ2n) is 8.86. The molecule has 8 heteroatoms. The molecule has 6 rings (SSSR count). The van der Waals surface area contributed by atoms with E-state index < -0.39 is 11.7 Å². The van der Waals surface area contributed by atoms with Crippen molar-refractivity contribution < 1.29 is 9.84 Å². The van der Waals surface area contributed by atoms with E-state index in [1.165, 1.54) is 18.7 Å². The zero-order valence-corrected chi connectivity index (χ0v) is 20.0. The number of hydrogen-bond donors (Lipinski definition) is 2. The van der Waals surface area contributed by atoms with Crippen LogP contribution in [0.3, 0.4) is 0 Å². The molecule has 0 saturated carbocycles. The molecule has 180 valence electrons. The maximum absolute atomic E-state index is 13.7. The van der Waals surface area contributed by atoms with Gasteiger partial charge in [-0.1, -0.05) is 54.6 Å². The van der Waals surface area contributed by atoms with E-state index in [9.17, 15) is 14.7 Å². The van der Waals surface area contributed by atoms with Crippen LogP contribution >= 0.6 is 0 Å². The van der Waals surface area contributed by atoms with Gasteiger partial charge in [0, 0.05) is 19.7 Å². The number of phenols is 1. The Bertz CT molecular complexity index is 1780. The van der Waals surface area contributed by atoms with E-state index in [-0.39, 0.29) is 11.3 Å². The van der Waals surface area contributed by atoms with Gasteiger partial charge in [-0.25, -0.2) is 4.79 Å². The molecule has 0 bridgehead atoms. The first kappa shape index (κ1) is 21.8. The molecule has 0 spiro atoms. The predicted molar refractivity (Wildman–Crippen MR) is 139 cm³/mol. The monoisotopic (exact) mass is 480 g/mol. The Morgan fingerprint density at radius 3 is 2.36 bits per heavy atom. The number of fused-ring (bicyclic) bond motifs is 5. The summed E-state index contributed by atoms with van der Waals surface area (Å²) in [5, 5.41) is 15.1. The van der Waals surface area contributed by atoms with Crippen molar-refractivity contribution in [3.05, 3.63) is 105 Å². The molecule has 1 unspecified atom stereocenters. The number of ether oxygens (including phenoxy) is 1. The zero-order chi connectivity index (χ0) is 25.1. The fourth-order valence-electron chi connectivity index (χ4n) is 5.26.